The maximum Gasteiger partial charge on any atom is 0.0547 e. The number of hydrogen-bond acceptors (Lipinski definition) is 1. The van der Waals surface area contributed by atoms with Crippen molar-refractivity contribution in [1.82, 2.24) is 4.57 Å². The van der Waals surface area contributed by atoms with Crippen molar-refractivity contribution in [3.63, 3.8) is 0 Å². The van der Waals surface area contributed by atoms with Crippen LogP contribution >= 0.6 is 0 Å². The van der Waals surface area contributed by atoms with Crippen LogP contribution in [0.2, 0.25) is 0 Å². The minimum atomic E-state index is 1.11. The lowest BCUT2D eigenvalue weighted by Crippen LogP contribution is -2.11. The van der Waals surface area contributed by atoms with Gasteiger partial charge in [0.1, 0.15) is 0 Å². The third-order valence-corrected chi connectivity index (χ3v) is 9.59. The Kier molecular flexibility index (Phi) is 7.53. The lowest BCUT2D eigenvalue weighted by Gasteiger charge is -2.28. The van der Waals surface area contributed by atoms with Gasteiger partial charge in [0, 0.05) is 33.4 Å². The van der Waals surface area contributed by atoms with Gasteiger partial charge in [0.2, 0.25) is 0 Å². The van der Waals surface area contributed by atoms with Crippen LogP contribution in [-0.2, 0) is 0 Å². The average Bonchev–Trinajstić information content (AvgIpc) is 3.54. The first-order valence-corrected chi connectivity index (χ1v) is 17.1. The molecule has 0 unspecified atom stereocenters. The predicted octanol–water partition coefficient (Wildman–Crippen LogP) is 13.3. The van der Waals surface area contributed by atoms with Gasteiger partial charge in [-0.3, -0.25) is 0 Å². The van der Waals surface area contributed by atoms with Gasteiger partial charge in [0.05, 0.1) is 16.7 Å². The summed E-state index contributed by atoms with van der Waals surface area (Å²) in [5.41, 5.74) is 14.1. The zero-order valence-corrected chi connectivity index (χ0v) is 27.5. The van der Waals surface area contributed by atoms with E-state index in [1.807, 2.05) is 0 Å². The molecule has 0 saturated carbocycles. The molecule has 0 radical (unpaired) electrons. The number of benzene rings is 8. The van der Waals surface area contributed by atoms with Crippen molar-refractivity contribution < 1.29 is 0 Å². The molecule has 0 spiro atoms. The van der Waals surface area contributed by atoms with Gasteiger partial charge in [-0.2, -0.15) is 0 Å². The Morgan fingerprint density at radius 2 is 0.860 bits per heavy atom. The Hall–Kier alpha value is -6.64. The number of hydrogen-bond donors (Lipinski definition) is 0. The normalized spacial score (nSPS) is 11.2. The number of nitrogens with zero attached hydrogens (tertiary/aromatic N) is 2. The Labute approximate surface area is 292 Å². The minimum absolute atomic E-state index is 1.11. The molecule has 0 saturated heterocycles. The molecule has 0 fully saturated rings. The quantitative estimate of drug-likeness (QED) is 0.169. The highest BCUT2D eigenvalue weighted by atomic mass is 15.1. The average molecular weight is 639 g/mol. The molecule has 50 heavy (non-hydrogen) atoms. The van der Waals surface area contributed by atoms with Gasteiger partial charge in [-0.05, 0) is 88.5 Å². The number of aromatic nitrogens is 1. The van der Waals surface area contributed by atoms with E-state index >= 15 is 0 Å². The lowest BCUT2D eigenvalue weighted by atomic mass is 9.95. The highest BCUT2D eigenvalue weighted by molar-refractivity contribution is 6.16. The molecule has 2 nitrogen and oxygen atoms in total. The fraction of sp³-hybridized carbons (Fsp3) is 0. The summed E-state index contributed by atoms with van der Waals surface area (Å²) < 4.78 is 2.38. The second-order valence-electron chi connectivity index (χ2n) is 12.6. The first-order valence-electron chi connectivity index (χ1n) is 17.1. The van der Waals surface area contributed by atoms with Gasteiger partial charge in [-0.1, -0.05) is 146 Å². The van der Waals surface area contributed by atoms with Gasteiger partial charge >= 0.3 is 0 Å². The van der Waals surface area contributed by atoms with Crippen LogP contribution in [0.4, 0.5) is 17.1 Å². The van der Waals surface area contributed by atoms with E-state index in [2.05, 4.69) is 216 Å². The van der Waals surface area contributed by atoms with Crippen LogP contribution in [0.1, 0.15) is 0 Å². The molecule has 236 valence electrons. The molecule has 9 rings (SSSR count). The van der Waals surface area contributed by atoms with Gasteiger partial charge in [-0.25, -0.2) is 0 Å². The molecule has 8 aromatic carbocycles. The minimum Gasteiger partial charge on any atom is -0.310 e. The van der Waals surface area contributed by atoms with Crippen LogP contribution in [0.3, 0.4) is 0 Å². The summed E-state index contributed by atoms with van der Waals surface area (Å²) in [6.45, 7) is 0. The fourth-order valence-corrected chi connectivity index (χ4v) is 7.32. The fourth-order valence-electron chi connectivity index (χ4n) is 7.32. The number of anilines is 3. The summed E-state index contributed by atoms with van der Waals surface area (Å²) in [5, 5.41) is 2.52. The van der Waals surface area contributed by atoms with E-state index in [1.165, 1.54) is 55.2 Å². The first-order chi connectivity index (χ1) is 24.8. The Bertz CT molecular complexity index is 2570. The zero-order chi connectivity index (χ0) is 33.3. The highest BCUT2D eigenvalue weighted by Gasteiger charge is 2.19. The van der Waals surface area contributed by atoms with E-state index in [4.69, 9.17) is 0 Å². The molecule has 0 aliphatic heterocycles. The molecular weight excluding hydrogens is 605 g/mol. The summed E-state index contributed by atoms with van der Waals surface area (Å²) >= 11 is 0. The topological polar surface area (TPSA) is 8.17 Å². The molecule has 9 aromatic rings. The smallest absolute Gasteiger partial charge is 0.0547 e. The van der Waals surface area contributed by atoms with E-state index in [0.717, 1.165) is 22.7 Å². The molecule has 0 atom stereocenters. The monoisotopic (exact) mass is 638 g/mol. The highest BCUT2D eigenvalue weighted by Crippen LogP contribution is 2.43. The summed E-state index contributed by atoms with van der Waals surface area (Å²) in [7, 11) is 0. The van der Waals surface area contributed by atoms with Crippen molar-refractivity contribution in [3.05, 3.63) is 206 Å². The molecule has 0 aliphatic carbocycles. The van der Waals surface area contributed by atoms with E-state index in [0.29, 0.717) is 0 Å². The molecule has 0 amide bonds. The molecule has 0 aliphatic rings. The Morgan fingerprint density at radius 3 is 1.64 bits per heavy atom. The van der Waals surface area contributed by atoms with Crippen molar-refractivity contribution in [2.45, 2.75) is 0 Å². The van der Waals surface area contributed by atoms with Crippen molar-refractivity contribution >= 4 is 38.9 Å². The lowest BCUT2D eigenvalue weighted by molar-refractivity contribution is 1.18. The summed E-state index contributed by atoms with van der Waals surface area (Å²) in [6, 6.07) is 74.0. The largest absolute Gasteiger partial charge is 0.310 e. The molecule has 1 aromatic heterocycles. The maximum atomic E-state index is 2.38. The van der Waals surface area contributed by atoms with Gasteiger partial charge < -0.3 is 9.47 Å². The van der Waals surface area contributed by atoms with Crippen molar-refractivity contribution in [3.8, 4) is 39.1 Å². The predicted molar refractivity (Wildman–Crippen MR) is 212 cm³/mol. The van der Waals surface area contributed by atoms with Crippen LogP contribution < -0.4 is 4.90 Å². The number of para-hydroxylation sites is 4. The van der Waals surface area contributed by atoms with Crippen LogP contribution in [-0.4, -0.2) is 4.57 Å². The molecule has 0 bridgehead atoms. The molecule has 1 heterocycles. The second kappa shape index (κ2) is 12.8. The van der Waals surface area contributed by atoms with E-state index in [-0.39, 0.29) is 0 Å². The van der Waals surface area contributed by atoms with Crippen LogP contribution in [0, 0.1) is 0 Å². The third kappa shape index (κ3) is 5.24. The van der Waals surface area contributed by atoms with Crippen LogP contribution in [0.25, 0.3) is 60.9 Å². The van der Waals surface area contributed by atoms with Crippen molar-refractivity contribution in [2.75, 3.05) is 4.90 Å². The number of rotatable bonds is 7. The van der Waals surface area contributed by atoms with Gasteiger partial charge in [0.15, 0.2) is 0 Å². The van der Waals surface area contributed by atoms with Gasteiger partial charge in [0.25, 0.3) is 0 Å². The standard InChI is InChI=1S/C48H34N2/c1-4-16-35(17-5-1)36-30-32-41(33-31-36)49(39-20-6-2-7-21-39)45-27-12-10-24-42(45)37-18-14-19-38(34-37)43-26-15-29-47-48(43)44-25-11-13-28-46(44)50(47)40-22-8-3-9-23-40/h1-34H. The van der Waals surface area contributed by atoms with E-state index < -0.39 is 0 Å². The van der Waals surface area contributed by atoms with E-state index in [1.54, 1.807) is 0 Å². The molecule has 0 N–H and O–H groups in total. The first kappa shape index (κ1) is 29.5. The van der Waals surface area contributed by atoms with Gasteiger partial charge in [-0.15, -0.1) is 0 Å². The second-order valence-corrected chi connectivity index (χ2v) is 12.6. The van der Waals surface area contributed by atoms with Crippen molar-refractivity contribution in [2.24, 2.45) is 0 Å². The summed E-state index contributed by atoms with van der Waals surface area (Å²) in [6.07, 6.45) is 0. The SMILES string of the molecule is c1ccc(-c2ccc(N(c3ccccc3)c3ccccc3-c3cccc(-c4cccc5c4c4ccccc4n5-c4ccccc4)c3)cc2)cc1. The zero-order valence-electron chi connectivity index (χ0n) is 27.5. The Balaban J connectivity index is 1.19. The molecular formula is C48H34N2. The summed E-state index contributed by atoms with van der Waals surface area (Å²) in [4.78, 5) is 2.37. The van der Waals surface area contributed by atoms with Crippen molar-refractivity contribution in [1.29, 1.82) is 0 Å². The number of fused-ring (bicyclic) bond motifs is 3. The van der Waals surface area contributed by atoms with E-state index in [9.17, 15) is 0 Å². The molecule has 2 heteroatoms. The third-order valence-electron chi connectivity index (χ3n) is 9.59. The van der Waals surface area contributed by atoms with Crippen LogP contribution in [0.5, 0.6) is 0 Å². The Morgan fingerprint density at radius 1 is 0.340 bits per heavy atom. The van der Waals surface area contributed by atoms with Crippen LogP contribution in [0.15, 0.2) is 206 Å². The maximum absolute atomic E-state index is 2.38. The summed E-state index contributed by atoms with van der Waals surface area (Å²) in [5.74, 6) is 0.